The zero-order chi connectivity index (χ0) is 10.7. The third kappa shape index (κ3) is 2.25. The molecule has 0 atom stereocenters. The number of hydrogen-bond acceptors (Lipinski definition) is 2. The van der Waals surface area contributed by atoms with Crippen molar-refractivity contribution in [3.05, 3.63) is 34.1 Å². The number of alkyl halides is 1. The van der Waals surface area contributed by atoms with Crippen LogP contribution in [0.4, 0.5) is 4.39 Å². The summed E-state index contributed by atoms with van der Waals surface area (Å²) in [5, 5.41) is 0.539. The van der Waals surface area contributed by atoms with Gasteiger partial charge in [0.1, 0.15) is 11.4 Å². The minimum absolute atomic E-state index is 0.0614. The maximum absolute atomic E-state index is 13.3. The Labute approximate surface area is 94.1 Å². The number of ether oxygens (including phenoxy) is 1. The van der Waals surface area contributed by atoms with Gasteiger partial charge in [0.2, 0.25) is 0 Å². The number of carbonyl (C=O) groups is 1. The van der Waals surface area contributed by atoms with E-state index in [0.29, 0.717) is 10.9 Å². The summed E-state index contributed by atoms with van der Waals surface area (Å²) in [4.78, 5) is 11.1. The maximum Gasteiger partial charge on any atom is 0.342 e. The van der Waals surface area contributed by atoms with Gasteiger partial charge in [-0.25, -0.2) is 9.18 Å². The zero-order valence-electron chi connectivity index (χ0n) is 7.31. The molecule has 0 bridgehead atoms. The van der Waals surface area contributed by atoms with Gasteiger partial charge in [-0.1, -0.05) is 27.5 Å². The fourth-order valence-corrected chi connectivity index (χ4v) is 1.63. The quantitative estimate of drug-likeness (QED) is 0.615. The Morgan fingerprint density at radius 1 is 1.64 bits per heavy atom. The predicted octanol–water partition coefficient (Wildman–Crippen LogP) is 3.16. The fraction of sp³-hybridized carbons (Fsp3) is 0.222. The maximum atomic E-state index is 13.3. The first-order valence-electron chi connectivity index (χ1n) is 3.72. The number of hydrogen-bond donors (Lipinski definition) is 0. The zero-order valence-corrected chi connectivity index (χ0v) is 9.65. The minimum atomic E-state index is -0.770. The first-order chi connectivity index (χ1) is 6.60. The molecule has 0 aliphatic rings. The third-order valence-corrected chi connectivity index (χ3v) is 2.59. The van der Waals surface area contributed by atoms with E-state index >= 15 is 0 Å². The molecular formula is C9H7BrClFO2. The number of rotatable bonds is 2. The van der Waals surface area contributed by atoms with Crippen molar-refractivity contribution in [1.29, 1.82) is 0 Å². The van der Waals surface area contributed by atoms with Crippen LogP contribution < -0.4 is 0 Å². The number of benzene rings is 1. The standard InChI is InChI=1S/C9H7BrClFO2/c1-14-9(13)8-6(11)2-5(4-10)3-7(8)12/h2-3H,4H2,1H3. The van der Waals surface area contributed by atoms with Crippen molar-refractivity contribution in [1.82, 2.24) is 0 Å². The van der Waals surface area contributed by atoms with Gasteiger partial charge in [0.15, 0.2) is 0 Å². The van der Waals surface area contributed by atoms with Crippen LogP contribution in [-0.2, 0) is 10.1 Å². The first kappa shape index (κ1) is 11.5. The second-order valence-corrected chi connectivity index (χ2v) is 3.53. The lowest BCUT2D eigenvalue weighted by atomic mass is 10.1. The molecule has 0 aliphatic heterocycles. The van der Waals surface area contributed by atoms with Crippen LogP contribution in [0.15, 0.2) is 12.1 Å². The number of esters is 1. The molecule has 1 aromatic carbocycles. The molecule has 0 N–H and O–H groups in total. The number of methoxy groups -OCH3 is 1. The fourth-order valence-electron chi connectivity index (χ4n) is 1.000. The molecule has 0 fully saturated rings. The van der Waals surface area contributed by atoms with Gasteiger partial charge in [0.05, 0.1) is 12.1 Å². The first-order valence-corrected chi connectivity index (χ1v) is 5.22. The minimum Gasteiger partial charge on any atom is -0.465 e. The second kappa shape index (κ2) is 4.75. The summed E-state index contributed by atoms with van der Waals surface area (Å²) >= 11 is 8.89. The SMILES string of the molecule is COC(=O)c1c(F)cc(CBr)cc1Cl. The highest BCUT2D eigenvalue weighted by molar-refractivity contribution is 9.08. The molecule has 2 nitrogen and oxygen atoms in total. The van der Waals surface area contributed by atoms with E-state index in [1.54, 1.807) is 0 Å². The highest BCUT2D eigenvalue weighted by Crippen LogP contribution is 2.23. The Morgan fingerprint density at radius 3 is 2.71 bits per heavy atom. The summed E-state index contributed by atoms with van der Waals surface area (Å²) in [6, 6.07) is 2.76. The molecule has 0 radical (unpaired) electrons. The van der Waals surface area contributed by atoms with Crippen molar-refractivity contribution in [3.8, 4) is 0 Å². The molecule has 1 aromatic rings. The molecule has 0 heterocycles. The lowest BCUT2D eigenvalue weighted by Crippen LogP contribution is -2.06. The Bertz CT molecular complexity index is 345. The molecule has 1 rings (SSSR count). The molecule has 76 valence electrons. The summed E-state index contributed by atoms with van der Waals surface area (Å²) in [6.45, 7) is 0. The second-order valence-electron chi connectivity index (χ2n) is 2.56. The van der Waals surface area contributed by atoms with E-state index in [0.717, 1.165) is 0 Å². The van der Waals surface area contributed by atoms with Gasteiger partial charge in [-0.2, -0.15) is 0 Å². The van der Waals surface area contributed by atoms with Crippen LogP contribution in [0.2, 0.25) is 5.02 Å². The molecule has 0 aromatic heterocycles. The van der Waals surface area contributed by atoms with Crippen molar-refractivity contribution >= 4 is 33.5 Å². The lowest BCUT2D eigenvalue weighted by molar-refractivity contribution is 0.0595. The van der Waals surface area contributed by atoms with E-state index in [9.17, 15) is 9.18 Å². The van der Waals surface area contributed by atoms with Gasteiger partial charge in [0.25, 0.3) is 0 Å². The van der Waals surface area contributed by atoms with E-state index in [1.165, 1.54) is 19.2 Å². The molecule has 14 heavy (non-hydrogen) atoms. The third-order valence-electron chi connectivity index (χ3n) is 1.65. The molecule has 0 saturated heterocycles. The summed E-state index contributed by atoms with van der Waals surface area (Å²) in [5.41, 5.74) is 0.444. The van der Waals surface area contributed by atoms with Crippen molar-refractivity contribution in [3.63, 3.8) is 0 Å². The predicted molar refractivity (Wildman–Crippen MR) is 55.4 cm³/mol. The van der Waals surface area contributed by atoms with E-state index in [2.05, 4.69) is 20.7 Å². The van der Waals surface area contributed by atoms with E-state index in [4.69, 9.17) is 11.6 Å². The average Bonchev–Trinajstić information content (AvgIpc) is 2.16. The Hall–Kier alpha value is -0.610. The van der Waals surface area contributed by atoms with E-state index in [-0.39, 0.29) is 10.6 Å². The van der Waals surface area contributed by atoms with Gasteiger partial charge in [0, 0.05) is 5.33 Å². The van der Waals surface area contributed by atoms with E-state index < -0.39 is 11.8 Å². The largest absolute Gasteiger partial charge is 0.465 e. The Morgan fingerprint density at radius 2 is 2.29 bits per heavy atom. The summed E-state index contributed by atoms with van der Waals surface area (Å²) in [6.07, 6.45) is 0. The molecule has 0 spiro atoms. The molecule has 0 aliphatic carbocycles. The summed E-state index contributed by atoms with van der Waals surface area (Å²) in [7, 11) is 1.18. The van der Waals surface area contributed by atoms with Crippen molar-refractivity contribution in [2.24, 2.45) is 0 Å². The van der Waals surface area contributed by atoms with Gasteiger partial charge in [-0.05, 0) is 17.7 Å². The van der Waals surface area contributed by atoms with Crippen LogP contribution in [0.1, 0.15) is 15.9 Å². The summed E-state index contributed by atoms with van der Waals surface area (Å²) < 4.78 is 17.7. The molecule has 5 heteroatoms. The van der Waals surface area contributed by atoms with Gasteiger partial charge < -0.3 is 4.74 Å². The van der Waals surface area contributed by atoms with Gasteiger partial charge in [-0.3, -0.25) is 0 Å². The van der Waals surface area contributed by atoms with Crippen molar-refractivity contribution < 1.29 is 13.9 Å². The highest BCUT2D eigenvalue weighted by atomic mass is 79.9. The Balaban J connectivity index is 3.25. The average molecular weight is 282 g/mol. The smallest absolute Gasteiger partial charge is 0.342 e. The molecule has 0 unspecified atom stereocenters. The molecule has 0 saturated carbocycles. The van der Waals surface area contributed by atoms with Gasteiger partial charge in [-0.15, -0.1) is 0 Å². The van der Waals surface area contributed by atoms with Crippen LogP contribution in [0, 0.1) is 5.82 Å². The van der Waals surface area contributed by atoms with Gasteiger partial charge >= 0.3 is 5.97 Å². The topological polar surface area (TPSA) is 26.3 Å². The highest BCUT2D eigenvalue weighted by Gasteiger charge is 2.17. The number of carbonyl (C=O) groups excluding carboxylic acids is 1. The van der Waals surface area contributed by atoms with Crippen LogP contribution >= 0.6 is 27.5 Å². The van der Waals surface area contributed by atoms with Crippen molar-refractivity contribution in [2.45, 2.75) is 5.33 Å². The number of halogens is 3. The normalized spacial score (nSPS) is 10.0. The van der Waals surface area contributed by atoms with Crippen molar-refractivity contribution in [2.75, 3.05) is 7.11 Å². The van der Waals surface area contributed by atoms with Crippen LogP contribution in [0.5, 0.6) is 0 Å². The van der Waals surface area contributed by atoms with E-state index in [1.807, 2.05) is 0 Å². The van der Waals surface area contributed by atoms with Crippen LogP contribution in [0.3, 0.4) is 0 Å². The Kier molecular flexibility index (Phi) is 3.89. The summed E-state index contributed by atoms with van der Waals surface area (Å²) in [5.74, 6) is -1.44. The monoisotopic (exact) mass is 280 g/mol. The lowest BCUT2D eigenvalue weighted by Gasteiger charge is -2.05. The van der Waals surface area contributed by atoms with Crippen LogP contribution in [-0.4, -0.2) is 13.1 Å². The molecular weight excluding hydrogens is 274 g/mol. The van der Waals surface area contributed by atoms with Crippen LogP contribution in [0.25, 0.3) is 0 Å². The molecule has 0 amide bonds.